The number of Topliss-reactive ketones (excluding diaryl/α,β-unsaturated/α-hetero) is 1. The van der Waals surface area contributed by atoms with E-state index in [1.54, 1.807) is 67.6 Å². The molecular formula is C21H24N3O4P. The minimum absolute atomic E-state index is 0.103. The Morgan fingerprint density at radius 3 is 1.83 bits per heavy atom. The molecule has 1 aliphatic heterocycles. The van der Waals surface area contributed by atoms with Crippen LogP contribution < -0.4 is 0 Å². The Kier molecular flexibility index (Phi) is 7.23. The molecule has 0 atom stereocenters. The van der Waals surface area contributed by atoms with Crippen molar-refractivity contribution in [3.05, 3.63) is 71.3 Å². The standard InChI is InChI=1S/C21H24N3O4P/c1-3-27-29(26,28-4-2)24-15-19(11-17-7-5-9-22-13-17)21(25)20(16-24)12-18-8-6-10-23-14-18/h5-14H,3-4,15-16H2,1-2H3/b19-11-,20-12+. The average molecular weight is 413 g/mol. The molecule has 3 heterocycles. The van der Waals surface area contributed by atoms with Crippen molar-refractivity contribution in [1.29, 1.82) is 0 Å². The van der Waals surface area contributed by atoms with Gasteiger partial charge in [-0.1, -0.05) is 12.1 Å². The highest BCUT2D eigenvalue weighted by Crippen LogP contribution is 2.53. The Labute approximate surface area is 170 Å². The van der Waals surface area contributed by atoms with E-state index in [4.69, 9.17) is 9.05 Å². The third-order valence-electron chi connectivity index (χ3n) is 4.27. The number of pyridine rings is 2. The van der Waals surface area contributed by atoms with Crippen LogP contribution in [0.4, 0.5) is 0 Å². The number of hydrogen-bond donors (Lipinski definition) is 0. The number of rotatable bonds is 7. The summed E-state index contributed by atoms with van der Waals surface area (Å²) in [5.74, 6) is -0.103. The summed E-state index contributed by atoms with van der Waals surface area (Å²) in [5.41, 5.74) is 2.58. The third-order valence-corrected chi connectivity index (χ3v) is 6.42. The third kappa shape index (κ3) is 5.34. The second-order valence-corrected chi connectivity index (χ2v) is 8.39. The van der Waals surface area contributed by atoms with Gasteiger partial charge in [0.15, 0.2) is 5.78 Å². The lowest BCUT2D eigenvalue weighted by atomic mass is 9.96. The van der Waals surface area contributed by atoms with Gasteiger partial charge in [0, 0.05) is 49.0 Å². The maximum atomic E-state index is 13.4. The summed E-state index contributed by atoms with van der Waals surface area (Å²) in [7, 11) is -3.54. The number of ketones is 1. The topological polar surface area (TPSA) is 81.6 Å². The number of aromatic nitrogens is 2. The van der Waals surface area contributed by atoms with E-state index < -0.39 is 7.75 Å². The maximum absolute atomic E-state index is 13.4. The van der Waals surface area contributed by atoms with Gasteiger partial charge in [-0.15, -0.1) is 0 Å². The lowest BCUT2D eigenvalue weighted by molar-refractivity contribution is -0.113. The van der Waals surface area contributed by atoms with Gasteiger partial charge in [0.1, 0.15) is 0 Å². The highest BCUT2D eigenvalue weighted by Gasteiger charge is 2.39. The van der Waals surface area contributed by atoms with Gasteiger partial charge in [0.25, 0.3) is 0 Å². The van der Waals surface area contributed by atoms with Crippen LogP contribution in [0.1, 0.15) is 25.0 Å². The van der Waals surface area contributed by atoms with Crippen molar-refractivity contribution in [2.45, 2.75) is 13.8 Å². The monoisotopic (exact) mass is 413 g/mol. The second kappa shape index (κ2) is 9.85. The zero-order valence-electron chi connectivity index (χ0n) is 16.5. The molecule has 0 amide bonds. The first-order valence-corrected chi connectivity index (χ1v) is 11.0. The van der Waals surface area contributed by atoms with Crippen LogP contribution in [0.3, 0.4) is 0 Å². The SMILES string of the molecule is CCOP(=O)(OCC)N1C/C(=C/c2cccnc2)C(=O)/C(=C/c2cccnc2)C1. The normalized spacial score (nSPS) is 18.5. The van der Waals surface area contributed by atoms with Crippen LogP contribution in [-0.4, -0.2) is 46.7 Å². The molecule has 0 saturated carbocycles. The minimum Gasteiger partial charge on any atom is -0.297 e. The molecule has 1 saturated heterocycles. The van der Waals surface area contributed by atoms with Crippen LogP contribution in [-0.2, 0) is 18.4 Å². The van der Waals surface area contributed by atoms with E-state index in [0.29, 0.717) is 11.1 Å². The summed E-state index contributed by atoms with van der Waals surface area (Å²) >= 11 is 0. The first-order valence-electron chi connectivity index (χ1n) is 9.46. The molecule has 0 radical (unpaired) electrons. The van der Waals surface area contributed by atoms with E-state index in [-0.39, 0.29) is 32.1 Å². The fourth-order valence-electron chi connectivity index (χ4n) is 3.05. The van der Waals surface area contributed by atoms with Gasteiger partial charge in [-0.25, -0.2) is 4.57 Å². The quantitative estimate of drug-likeness (QED) is 0.501. The summed E-state index contributed by atoms with van der Waals surface area (Å²) < 4.78 is 26.0. The maximum Gasteiger partial charge on any atom is 0.408 e. The number of piperidine rings is 1. The fourth-order valence-corrected chi connectivity index (χ4v) is 4.75. The molecule has 0 unspecified atom stereocenters. The summed E-state index contributed by atoms with van der Waals surface area (Å²) in [6, 6.07) is 7.33. The summed E-state index contributed by atoms with van der Waals surface area (Å²) in [6.45, 7) is 4.33. The first kappa shape index (κ1) is 21.3. The largest absolute Gasteiger partial charge is 0.408 e. The smallest absolute Gasteiger partial charge is 0.297 e. The highest BCUT2D eigenvalue weighted by atomic mass is 31.2. The Morgan fingerprint density at radius 1 is 0.966 bits per heavy atom. The van der Waals surface area contributed by atoms with Crippen LogP contribution in [0.25, 0.3) is 12.2 Å². The van der Waals surface area contributed by atoms with E-state index in [0.717, 1.165) is 11.1 Å². The lowest BCUT2D eigenvalue weighted by Crippen LogP contribution is -2.36. The van der Waals surface area contributed by atoms with Gasteiger partial charge in [0.2, 0.25) is 0 Å². The molecule has 2 aromatic rings. The Bertz CT molecular complexity index is 873. The van der Waals surface area contributed by atoms with Gasteiger partial charge in [-0.2, -0.15) is 4.67 Å². The molecule has 7 nitrogen and oxygen atoms in total. The summed E-state index contributed by atoms with van der Waals surface area (Å²) in [5, 5.41) is 0. The van der Waals surface area contributed by atoms with Gasteiger partial charge in [-0.3, -0.25) is 23.8 Å². The van der Waals surface area contributed by atoms with Crippen molar-refractivity contribution in [2.24, 2.45) is 0 Å². The molecule has 29 heavy (non-hydrogen) atoms. The van der Waals surface area contributed by atoms with Crippen molar-refractivity contribution in [2.75, 3.05) is 26.3 Å². The van der Waals surface area contributed by atoms with Crippen molar-refractivity contribution in [3.63, 3.8) is 0 Å². The highest BCUT2D eigenvalue weighted by molar-refractivity contribution is 7.51. The number of carbonyl (C=O) groups excluding carboxylic acids is 1. The fraction of sp³-hybridized carbons (Fsp3) is 0.286. The van der Waals surface area contributed by atoms with E-state index in [9.17, 15) is 9.36 Å². The average Bonchev–Trinajstić information content (AvgIpc) is 2.73. The van der Waals surface area contributed by atoms with E-state index >= 15 is 0 Å². The molecule has 2 aromatic heterocycles. The van der Waals surface area contributed by atoms with E-state index in [1.165, 1.54) is 0 Å². The zero-order chi connectivity index (χ0) is 20.7. The molecule has 0 aliphatic carbocycles. The summed E-state index contributed by atoms with van der Waals surface area (Å²) in [4.78, 5) is 21.3. The molecule has 8 heteroatoms. The molecule has 3 rings (SSSR count). The molecule has 1 fully saturated rings. The van der Waals surface area contributed by atoms with Crippen LogP contribution in [0.15, 0.2) is 60.2 Å². The van der Waals surface area contributed by atoms with Gasteiger partial charge in [-0.05, 0) is 49.3 Å². The number of hydrogen-bond acceptors (Lipinski definition) is 6. The molecule has 0 aromatic carbocycles. The molecule has 1 aliphatic rings. The molecule has 0 bridgehead atoms. The van der Waals surface area contributed by atoms with E-state index in [1.807, 2.05) is 12.1 Å². The molecule has 152 valence electrons. The summed E-state index contributed by atoms with van der Waals surface area (Å²) in [6.07, 6.45) is 10.2. The van der Waals surface area contributed by atoms with Crippen molar-refractivity contribution in [1.82, 2.24) is 14.6 Å². The predicted octanol–water partition coefficient (Wildman–Crippen LogP) is 4.01. The van der Waals surface area contributed by atoms with Gasteiger partial charge < -0.3 is 0 Å². The minimum atomic E-state index is -3.54. The van der Waals surface area contributed by atoms with Crippen molar-refractivity contribution >= 4 is 25.7 Å². The zero-order valence-corrected chi connectivity index (χ0v) is 17.4. The molecular weight excluding hydrogens is 389 g/mol. The molecule has 0 N–H and O–H groups in total. The van der Waals surface area contributed by atoms with Crippen molar-refractivity contribution < 1.29 is 18.4 Å². The van der Waals surface area contributed by atoms with Gasteiger partial charge >= 0.3 is 7.75 Å². The Morgan fingerprint density at radius 2 is 1.45 bits per heavy atom. The van der Waals surface area contributed by atoms with E-state index in [2.05, 4.69) is 9.97 Å². The van der Waals surface area contributed by atoms with Gasteiger partial charge in [0.05, 0.1) is 13.2 Å². The number of carbonyl (C=O) groups is 1. The Balaban J connectivity index is 2.03. The predicted molar refractivity (Wildman–Crippen MR) is 112 cm³/mol. The lowest BCUT2D eigenvalue weighted by Gasteiger charge is -2.34. The first-order chi connectivity index (χ1) is 14.1. The van der Waals surface area contributed by atoms with Crippen LogP contribution in [0, 0.1) is 0 Å². The number of nitrogens with zero attached hydrogens (tertiary/aromatic N) is 3. The second-order valence-electron chi connectivity index (χ2n) is 6.37. The molecule has 0 spiro atoms. The Hall–Kier alpha value is -2.44. The van der Waals surface area contributed by atoms with Crippen molar-refractivity contribution in [3.8, 4) is 0 Å². The van der Waals surface area contributed by atoms with Crippen LogP contribution in [0.5, 0.6) is 0 Å². The van der Waals surface area contributed by atoms with Crippen LogP contribution in [0.2, 0.25) is 0 Å². The van der Waals surface area contributed by atoms with Crippen LogP contribution >= 0.6 is 7.75 Å².